The number of carboxylic acids is 1. The molecule has 1 fully saturated rings. The van der Waals surface area contributed by atoms with Gasteiger partial charge in [-0.2, -0.15) is 0 Å². The molecule has 6 heteroatoms. The van der Waals surface area contributed by atoms with Crippen LogP contribution < -0.4 is 4.74 Å². The number of halogens is 1. The lowest BCUT2D eigenvalue weighted by atomic mass is 10.0. The number of hydrogen-bond donors (Lipinski definition) is 1. The first-order chi connectivity index (χ1) is 12.0. The predicted octanol–water partition coefficient (Wildman–Crippen LogP) is 3.05. The number of rotatable bonds is 4. The summed E-state index contributed by atoms with van der Waals surface area (Å²) in [5.41, 5.74) is 1.43. The van der Waals surface area contributed by atoms with Crippen LogP contribution in [0.15, 0.2) is 42.5 Å². The summed E-state index contributed by atoms with van der Waals surface area (Å²) in [5, 5.41) is 9.02. The number of benzene rings is 2. The molecular weight excluding hydrogens is 325 g/mol. The van der Waals surface area contributed by atoms with Crippen LogP contribution in [0.5, 0.6) is 5.75 Å². The lowest BCUT2D eigenvalue weighted by Gasteiger charge is -2.16. The van der Waals surface area contributed by atoms with E-state index in [0.717, 1.165) is 5.56 Å². The summed E-state index contributed by atoms with van der Waals surface area (Å²) in [6.07, 6.45) is 0.395. The molecule has 1 amide bonds. The van der Waals surface area contributed by atoms with Crippen molar-refractivity contribution in [2.75, 3.05) is 20.2 Å². The molecule has 25 heavy (non-hydrogen) atoms. The molecule has 0 bridgehead atoms. The Balaban J connectivity index is 1.79. The first kappa shape index (κ1) is 17.0. The standard InChI is InChI=1S/C19H18FNO4/c1-25-15-5-2-12(3-6-15)13-4-7-16(17(20)10-13)18(22)21-9-8-14(11-21)19(23)24/h2-7,10,14H,8-9,11H2,1H3,(H,23,24). The normalized spacial score (nSPS) is 16.7. The number of ether oxygens (including phenoxy) is 1. The molecule has 0 aromatic heterocycles. The van der Waals surface area contributed by atoms with Gasteiger partial charge in [0.1, 0.15) is 11.6 Å². The zero-order valence-electron chi connectivity index (χ0n) is 13.7. The number of likely N-dealkylation sites (tertiary alicyclic amines) is 1. The van der Waals surface area contributed by atoms with Crippen molar-refractivity contribution in [3.63, 3.8) is 0 Å². The van der Waals surface area contributed by atoms with Crippen molar-refractivity contribution in [2.45, 2.75) is 6.42 Å². The maximum Gasteiger partial charge on any atom is 0.308 e. The van der Waals surface area contributed by atoms with Crippen LogP contribution in [0, 0.1) is 11.7 Å². The number of aliphatic carboxylic acids is 1. The van der Waals surface area contributed by atoms with Crippen LogP contribution in [0.1, 0.15) is 16.8 Å². The summed E-state index contributed by atoms with van der Waals surface area (Å²) in [6, 6.07) is 11.6. The fraction of sp³-hybridized carbons (Fsp3) is 0.263. The second kappa shape index (κ2) is 6.93. The first-order valence-electron chi connectivity index (χ1n) is 7.95. The van der Waals surface area contributed by atoms with Crippen LogP contribution >= 0.6 is 0 Å². The van der Waals surface area contributed by atoms with Gasteiger partial charge in [-0.15, -0.1) is 0 Å². The number of carbonyl (C=O) groups excluding carboxylic acids is 1. The Hall–Kier alpha value is -2.89. The van der Waals surface area contributed by atoms with Crippen molar-refractivity contribution in [1.82, 2.24) is 4.90 Å². The predicted molar refractivity (Wildman–Crippen MR) is 90.0 cm³/mol. The lowest BCUT2D eigenvalue weighted by molar-refractivity contribution is -0.141. The van der Waals surface area contributed by atoms with Crippen molar-refractivity contribution >= 4 is 11.9 Å². The Morgan fingerprint density at radius 1 is 1.16 bits per heavy atom. The van der Waals surface area contributed by atoms with E-state index in [4.69, 9.17) is 9.84 Å². The van der Waals surface area contributed by atoms with Crippen LogP contribution in [0.25, 0.3) is 11.1 Å². The van der Waals surface area contributed by atoms with Gasteiger partial charge >= 0.3 is 5.97 Å². The molecule has 130 valence electrons. The lowest BCUT2D eigenvalue weighted by Crippen LogP contribution is -2.30. The molecule has 1 saturated heterocycles. The van der Waals surface area contributed by atoms with E-state index in [0.29, 0.717) is 24.3 Å². The summed E-state index contributed by atoms with van der Waals surface area (Å²) < 4.78 is 19.5. The topological polar surface area (TPSA) is 66.8 Å². The third-order valence-corrected chi connectivity index (χ3v) is 4.45. The highest BCUT2D eigenvalue weighted by molar-refractivity contribution is 5.95. The van der Waals surface area contributed by atoms with Crippen LogP contribution in [-0.2, 0) is 4.79 Å². The quantitative estimate of drug-likeness (QED) is 0.927. The fourth-order valence-corrected chi connectivity index (χ4v) is 2.97. The molecule has 0 saturated carbocycles. The fourth-order valence-electron chi connectivity index (χ4n) is 2.97. The van der Waals surface area contributed by atoms with E-state index < -0.39 is 23.6 Å². The van der Waals surface area contributed by atoms with E-state index in [2.05, 4.69) is 0 Å². The SMILES string of the molecule is COc1ccc(-c2ccc(C(=O)N3CCC(C(=O)O)C3)c(F)c2)cc1. The molecule has 0 radical (unpaired) electrons. The van der Waals surface area contributed by atoms with Gasteiger partial charge < -0.3 is 14.7 Å². The van der Waals surface area contributed by atoms with Gasteiger partial charge in [-0.25, -0.2) is 4.39 Å². The highest BCUT2D eigenvalue weighted by Crippen LogP contribution is 2.26. The van der Waals surface area contributed by atoms with Crippen LogP contribution in [-0.4, -0.2) is 42.1 Å². The number of methoxy groups -OCH3 is 1. The summed E-state index contributed by atoms with van der Waals surface area (Å²) in [4.78, 5) is 24.8. The van der Waals surface area contributed by atoms with Gasteiger partial charge in [-0.05, 0) is 41.8 Å². The van der Waals surface area contributed by atoms with Crippen LogP contribution in [0.4, 0.5) is 4.39 Å². The molecule has 3 rings (SSSR count). The maximum absolute atomic E-state index is 14.5. The zero-order chi connectivity index (χ0) is 18.0. The summed E-state index contributed by atoms with van der Waals surface area (Å²) in [7, 11) is 1.57. The van der Waals surface area contributed by atoms with E-state index in [1.165, 1.54) is 17.0 Å². The van der Waals surface area contributed by atoms with Crippen LogP contribution in [0.2, 0.25) is 0 Å². The average molecular weight is 343 g/mol. The minimum absolute atomic E-state index is 0.0386. The maximum atomic E-state index is 14.5. The molecule has 1 unspecified atom stereocenters. The van der Waals surface area contributed by atoms with E-state index >= 15 is 0 Å². The summed E-state index contributed by atoms with van der Waals surface area (Å²) in [5.74, 6) is -1.88. The van der Waals surface area contributed by atoms with Gasteiger partial charge in [-0.3, -0.25) is 9.59 Å². The summed E-state index contributed by atoms with van der Waals surface area (Å²) in [6.45, 7) is 0.448. The molecular formula is C19H18FNO4. The Kier molecular flexibility index (Phi) is 4.70. The Morgan fingerprint density at radius 3 is 2.40 bits per heavy atom. The minimum atomic E-state index is -0.925. The van der Waals surface area contributed by atoms with Gasteiger partial charge in [0.15, 0.2) is 0 Å². The zero-order valence-corrected chi connectivity index (χ0v) is 13.7. The third kappa shape index (κ3) is 3.47. The van der Waals surface area contributed by atoms with Gasteiger partial charge in [0.2, 0.25) is 0 Å². The van der Waals surface area contributed by atoms with E-state index in [9.17, 15) is 14.0 Å². The third-order valence-electron chi connectivity index (χ3n) is 4.45. The smallest absolute Gasteiger partial charge is 0.308 e. The van der Waals surface area contributed by atoms with Crippen molar-refractivity contribution in [3.8, 4) is 16.9 Å². The van der Waals surface area contributed by atoms with Crippen molar-refractivity contribution in [1.29, 1.82) is 0 Å². The second-order valence-electron chi connectivity index (χ2n) is 6.00. The molecule has 2 aromatic rings. The van der Waals surface area contributed by atoms with E-state index in [-0.39, 0.29) is 12.1 Å². The second-order valence-corrected chi connectivity index (χ2v) is 6.00. The van der Waals surface area contributed by atoms with E-state index in [1.54, 1.807) is 25.3 Å². The van der Waals surface area contributed by atoms with Gasteiger partial charge in [-0.1, -0.05) is 18.2 Å². The van der Waals surface area contributed by atoms with E-state index in [1.807, 2.05) is 12.1 Å². The average Bonchev–Trinajstić information content (AvgIpc) is 3.11. The Labute approximate surface area is 144 Å². The number of hydrogen-bond acceptors (Lipinski definition) is 3. The van der Waals surface area contributed by atoms with Gasteiger partial charge in [0, 0.05) is 13.1 Å². The van der Waals surface area contributed by atoms with Crippen molar-refractivity contribution in [2.24, 2.45) is 5.92 Å². The Morgan fingerprint density at radius 2 is 1.84 bits per heavy atom. The van der Waals surface area contributed by atoms with Gasteiger partial charge in [0.05, 0.1) is 18.6 Å². The highest BCUT2D eigenvalue weighted by atomic mass is 19.1. The molecule has 0 aliphatic carbocycles. The van der Waals surface area contributed by atoms with Crippen LogP contribution in [0.3, 0.4) is 0 Å². The molecule has 1 aliphatic rings. The van der Waals surface area contributed by atoms with Crippen molar-refractivity contribution < 1.29 is 23.8 Å². The summed E-state index contributed by atoms with van der Waals surface area (Å²) >= 11 is 0. The number of carbonyl (C=O) groups is 2. The molecule has 1 aliphatic heterocycles. The molecule has 5 nitrogen and oxygen atoms in total. The molecule has 0 spiro atoms. The largest absolute Gasteiger partial charge is 0.497 e. The molecule has 1 N–H and O–H groups in total. The number of carboxylic acid groups (broad SMARTS) is 1. The van der Waals surface area contributed by atoms with Crippen molar-refractivity contribution in [3.05, 3.63) is 53.8 Å². The molecule has 1 heterocycles. The minimum Gasteiger partial charge on any atom is -0.497 e. The monoisotopic (exact) mass is 343 g/mol. The number of nitrogens with zero attached hydrogens (tertiary/aromatic N) is 1. The molecule has 1 atom stereocenters. The number of amides is 1. The Bertz CT molecular complexity index is 804. The molecule has 2 aromatic carbocycles. The highest BCUT2D eigenvalue weighted by Gasteiger charge is 2.32. The van der Waals surface area contributed by atoms with Gasteiger partial charge in [0.25, 0.3) is 5.91 Å². The first-order valence-corrected chi connectivity index (χ1v) is 7.95.